The lowest BCUT2D eigenvalue weighted by Gasteiger charge is -2.47. The van der Waals surface area contributed by atoms with Crippen LogP contribution in [0.4, 0.5) is 5.82 Å². The van der Waals surface area contributed by atoms with Crippen molar-refractivity contribution in [1.82, 2.24) is 15.3 Å². The number of carbonyl (C=O) groups is 1. The van der Waals surface area contributed by atoms with Gasteiger partial charge in [0.05, 0.1) is 27.3 Å². The summed E-state index contributed by atoms with van der Waals surface area (Å²) in [5.74, 6) is -0.264. The predicted octanol–water partition coefficient (Wildman–Crippen LogP) is -1.21. The van der Waals surface area contributed by atoms with Gasteiger partial charge in [0.15, 0.2) is 0 Å². The molecular weight excluding hydrogens is 374 g/mol. The zero-order valence-electron chi connectivity index (χ0n) is 14.8. The summed E-state index contributed by atoms with van der Waals surface area (Å²) in [6, 6.07) is 3.06. The molecule has 0 saturated heterocycles. The fraction of sp³-hybridized carbons (Fsp3) is 0.333. The average molecular weight is 388 g/mol. The first kappa shape index (κ1) is 22.5. The van der Waals surface area contributed by atoms with Crippen molar-refractivity contribution in [3.05, 3.63) is 35.2 Å². The molecule has 1 atom stereocenters. The smallest absolute Gasteiger partial charge is 0.267 e. The molecule has 13 heteroatoms. The number of nitrogens with zero attached hydrogens (tertiary/aromatic N) is 1. The highest BCUT2D eigenvalue weighted by Crippen LogP contribution is 2.33. The zero-order chi connectivity index (χ0) is 21.1. The number of hydrogen-bond donors (Lipinski definition) is 5. The molecule has 28 heavy (non-hydrogen) atoms. The normalized spacial score (nSPS) is 13.9. The molecule has 2 aromatic rings. The Morgan fingerprint density at radius 3 is 2.57 bits per heavy atom. The molecule has 1 unspecified atom stereocenters. The van der Waals surface area contributed by atoms with Gasteiger partial charge in [0, 0.05) is 30.1 Å². The highest BCUT2D eigenvalue weighted by atomic mass is 35.5. The maximum Gasteiger partial charge on any atom is 0.267 e. The number of aliphatic hydroxyl groups is 2. The second-order valence-corrected chi connectivity index (χ2v) is 6.58. The SMILES string of the molecule is [B]C([B])C([B])(Nc1cc(-c2c[nH]c(C(=O)NCCO)c2)c(Cl)cn1)C([B])([B])O. The maximum absolute atomic E-state index is 12.0. The van der Waals surface area contributed by atoms with E-state index in [0.717, 1.165) is 0 Å². The summed E-state index contributed by atoms with van der Waals surface area (Å²) >= 11 is 6.21. The number of H-pyrrole nitrogens is 1. The van der Waals surface area contributed by atoms with Crippen LogP contribution in [0.1, 0.15) is 10.5 Å². The van der Waals surface area contributed by atoms with Gasteiger partial charge in [-0.25, -0.2) is 4.98 Å². The second kappa shape index (κ2) is 8.72. The summed E-state index contributed by atoms with van der Waals surface area (Å²) < 4.78 is 0. The Labute approximate surface area is 174 Å². The van der Waals surface area contributed by atoms with E-state index in [1.807, 2.05) is 0 Å². The molecule has 0 aromatic carbocycles. The number of carbonyl (C=O) groups excluding carboxylic acids is 1. The number of aromatic amines is 1. The Bertz CT molecular complexity index is 845. The van der Waals surface area contributed by atoms with Gasteiger partial charge in [0.25, 0.3) is 5.91 Å². The lowest BCUT2D eigenvalue weighted by molar-refractivity contribution is 0.0940. The molecule has 0 saturated carbocycles. The molecule has 0 aliphatic heterocycles. The molecule has 0 aliphatic rings. The number of aliphatic hydroxyl groups excluding tert-OH is 1. The van der Waals surface area contributed by atoms with Crippen LogP contribution in [0.15, 0.2) is 24.5 Å². The zero-order valence-corrected chi connectivity index (χ0v) is 15.6. The van der Waals surface area contributed by atoms with Crippen molar-refractivity contribution in [2.24, 2.45) is 0 Å². The number of anilines is 1. The van der Waals surface area contributed by atoms with Crippen molar-refractivity contribution in [1.29, 1.82) is 0 Å². The first-order valence-corrected chi connectivity index (χ1v) is 8.49. The molecule has 10 radical (unpaired) electrons. The molecule has 0 spiro atoms. The van der Waals surface area contributed by atoms with Crippen LogP contribution in [0.2, 0.25) is 10.7 Å². The van der Waals surface area contributed by atoms with Gasteiger partial charge in [-0.3, -0.25) is 4.79 Å². The van der Waals surface area contributed by atoms with Crippen molar-refractivity contribution < 1.29 is 15.0 Å². The Balaban J connectivity index is 2.34. The van der Waals surface area contributed by atoms with E-state index >= 15 is 0 Å². The number of halogens is 1. The van der Waals surface area contributed by atoms with Gasteiger partial charge in [-0.2, -0.15) is 0 Å². The Hall–Kier alpha value is -1.77. The minimum atomic E-state index is -2.46. The van der Waals surface area contributed by atoms with E-state index < -0.39 is 22.5 Å². The minimum absolute atomic E-state index is 0.121. The van der Waals surface area contributed by atoms with Gasteiger partial charge in [-0.05, 0) is 23.0 Å². The van der Waals surface area contributed by atoms with Gasteiger partial charge >= 0.3 is 0 Å². The highest BCUT2D eigenvalue weighted by molar-refractivity contribution is 6.50. The number of rotatable bonds is 8. The van der Waals surface area contributed by atoms with Crippen LogP contribution >= 0.6 is 11.6 Å². The van der Waals surface area contributed by atoms with Crippen LogP contribution in [-0.2, 0) is 0 Å². The summed E-state index contributed by atoms with van der Waals surface area (Å²) in [5.41, 5.74) is -2.04. The minimum Gasteiger partial charge on any atom is -0.408 e. The summed E-state index contributed by atoms with van der Waals surface area (Å²) in [5, 5.41) is 21.7. The molecule has 1 amide bonds. The average Bonchev–Trinajstić information content (AvgIpc) is 3.10. The number of amides is 1. The van der Waals surface area contributed by atoms with Gasteiger partial charge < -0.3 is 25.8 Å². The van der Waals surface area contributed by atoms with E-state index in [9.17, 15) is 9.90 Å². The predicted molar refractivity (Wildman–Crippen MR) is 112 cm³/mol. The Morgan fingerprint density at radius 1 is 1.32 bits per heavy atom. The topological polar surface area (TPSA) is 110 Å². The highest BCUT2D eigenvalue weighted by Gasteiger charge is 2.40. The van der Waals surface area contributed by atoms with E-state index in [2.05, 4.69) is 20.6 Å². The van der Waals surface area contributed by atoms with Crippen LogP contribution in [0.25, 0.3) is 11.1 Å². The molecule has 7 nitrogen and oxygen atoms in total. The number of nitrogens with one attached hydrogen (secondary N) is 3. The quantitative estimate of drug-likeness (QED) is 0.365. The van der Waals surface area contributed by atoms with E-state index in [-0.39, 0.29) is 29.7 Å². The number of hydrogen-bond acceptors (Lipinski definition) is 5. The summed E-state index contributed by atoms with van der Waals surface area (Å²) in [4.78, 5) is 18.8. The number of pyridine rings is 1. The van der Waals surface area contributed by atoms with E-state index in [4.69, 9.17) is 55.9 Å². The number of aromatic nitrogens is 2. The standard InChI is InChI=1S/C15H14B5ClN4O3/c16-13(17)14(18,15(19,20)28)25-11-4-8(9(21)6-24-11)7-3-10(23-5-7)12(27)22-1-2-26/h3-6,13,23,26,28H,1-2H2,(H,22,27)(H,24,25). The monoisotopic (exact) mass is 388 g/mol. The largest absolute Gasteiger partial charge is 0.408 e. The first-order chi connectivity index (χ1) is 13.0. The van der Waals surface area contributed by atoms with Gasteiger partial charge in [-0.1, -0.05) is 17.3 Å². The van der Waals surface area contributed by atoms with Crippen LogP contribution in [0.5, 0.6) is 0 Å². The van der Waals surface area contributed by atoms with E-state index in [1.165, 1.54) is 12.3 Å². The third kappa shape index (κ3) is 4.80. The molecule has 0 fully saturated rings. The molecule has 2 rings (SSSR count). The lowest BCUT2D eigenvalue weighted by Crippen LogP contribution is -2.63. The van der Waals surface area contributed by atoms with Crippen molar-refractivity contribution in [3.8, 4) is 11.1 Å². The van der Waals surface area contributed by atoms with Crippen molar-refractivity contribution in [2.75, 3.05) is 18.5 Å². The molecule has 5 N–H and O–H groups in total. The van der Waals surface area contributed by atoms with Crippen molar-refractivity contribution >= 4 is 62.6 Å². The summed E-state index contributed by atoms with van der Waals surface area (Å²) in [7, 11) is 28.1. The molecule has 134 valence electrons. The molecule has 0 bridgehead atoms. The molecule has 0 aliphatic carbocycles. The molecule has 2 aromatic heterocycles. The van der Waals surface area contributed by atoms with Gasteiger partial charge in [-0.15, -0.1) is 0 Å². The van der Waals surface area contributed by atoms with Crippen LogP contribution in [0, 0.1) is 0 Å². The fourth-order valence-electron chi connectivity index (χ4n) is 2.34. The van der Waals surface area contributed by atoms with E-state index in [0.29, 0.717) is 11.1 Å². The Morgan fingerprint density at radius 2 is 2.00 bits per heavy atom. The first-order valence-electron chi connectivity index (χ1n) is 8.11. The summed E-state index contributed by atoms with van der Waals surface area (Å²) in [6.07, 6.45) is 2.89. The third-order valence-corrected chi connectivity index (χ3v) is 4.32. The van der Waals surface area contributed by atoms with Crippen LogP contribution in [-0.4, -0.2) is 89.3 Å². The summed E-state index contributed by atoms with van der Waals surface area (Å²) in [6.45, 7) is -0.0560. The lowest BCUT2D eigenvalue weighted by atomic mass is 9.37. The second-order valence-electron chi connectivity index (χ2n) is 6.18. The molecular formula is C15H14B5ClN4O3. The maximum atomic E-state index is 12.0. The van der Waals surface area contributed by atoms with E-state index in [1.54, 1.807) is 12.3 Å². The third-order valence-electron chi connectivity index (χ3n) is 4.01. The van der Waals surface area contributed by atoms with Crippen molar-refractivity contribution in [3.63, 3.8) is 0 Å². The fourth-order valence-corrected chi connectivity index (χ4v) is 2.55. The van der Waals surface area contributed by atoms with Gasteiger partial charge in [0.1, 0.15) is 35.1 Å². The van der Waals surface area contributed by atoms with Crippen LogP contribution in [0.3, 0.4) is 0 Å². The van der Waals surface area contributed by atoms with Crippen molar-refractivity contribution in [2.45, 2.75) is 16.6 Å². The molecule has 2 heterocycles. The van der Waals surface area contributed by atoms with Gasteiger partial charge in [0.2, 0.25) is 0 Å². The van der Waals surface area contributed by atoms with Crippen LogP contribution < -0.4 is 10.6 Å². The Kier molecular flexibility index (Phi) is 7.01.